The number of hydrogen-bond donors (Lipinski definition) is 9. The lowest BCUT2D eigenvalue weighted by molar-refractivity contribution is 0.358. The fourth-order valence-corrected chi connectivity index (χ4v) is 4.75. The molecule has 0 unspecified atom stereocenters. The molecule has 0 bridgehead atoms. The van der Waals surface area contributed by atoms with E-state index >= 15 is 0 Å². The maximum atomic E-state index is 7.70. The SMILES string of the molecule is [2H]Oc1cc(O[2H])c(CCCCCCCC(C)(c2c(O[2H])cc(O[2H])cc2O[2H])c2c(O[2H])cc(O[2H])cc2O[2H])c(O[2H])c1. The van der Waals surface area contributed by atoms with Crippen LogP contribution in [0, 0.1) is 0 Å². The summed E-state index contributed by atoms with van der Waals surface area (Å²) in [6.45, 7) is 1.71. The Kier molecular flexibility index (Phi) is 4.88. The third-order valence-corrected chi connectivity index (χ3v) is 6.43. The minimum Gasteiger partial charge on any atom is -0.508 e. The molecule has 0 radical (unpaired) electrons. The molecule has 0 spiro atoms. The lowest BCUT2D eigenvalue weighted by Crippen LogP contribution is -2.24. The molecular formula is C27H32O9. The molecule has 9 N–H and O–H groups in total. The molecule has 36 heavy (non-hydrogen) atoms. The van der Waals surface area contributed by atoms with E-state index in [0.29, 0.717) is 31.2 Å². The molecule has 0 saturated heterocycles. The van der Waals surface area contributed by atoms with Crippen molar-refractivity contribution in [3.63, 3.8) is 0 Å². The van der Waals surface area contributed by atoms with E-state index in [-0.39, 0.29) is 69.3 Å². The Balaban J connectivity index is 1.88. The van der Waals surface area contributed by atoms with Crippen LogP contribution in [0.5, 0.6) is 51.7 Å². The van der Waals surface area contributed by atoms with E-state index in [2.05, 4.69) is 25.5 Å². The van der Waals surface area contributed by atoms with Crippen molar-refractivity contribution in [2.45, 2.75) is 57.3 Å². The molecule has 3 aromatic carbocycles. The number of aromatic hydroxyl groups is 9. The van der Waals surface area contributed by atoms with E-state index in [1.807, 2.05) is 0 Å². The zero-order valence-corrected chi connectivity index (χ0v) is 19.6. The second-order valence-corrected chi connectivity index (χ2v) is 9.09. The molecule has 0 fully saturated rings. The number of phenolic OH excluding ortho intramolecular Hbond substituents is 9. The van der Waals surface area contributed by atoms with Gasteiger partial charge >= 0.3 is 0 Å². The van der Waals surface area contributed by atoms with Crippen LogP contribution >= 0.6 is 0 Å². The first-order valence-corrected chi connectivity index (χ1v) is 11.5. The fraction of sp³-hybridized carbons (Fsp3) is 0.333. The Labute approximate surface area is 221 Å². The van der Waals surface area contributed by atoms with Crippen molar-refractivity contribution >= 4 is 0 Å². The summed E-state index contributed by atoms with van der Waals surface area (Å²) >= 11 is 0. The van der Waals surface area contributed by atoms with Gasteiger partial charge in [0.2, 0.25) is 0 Å². The van der Waals surface area contributed by atoms with Crippen molar-refractivity contribution in [2.75, 3.05) is 0 Å². The fourth-order valence-electron chi connectivity index (χ4n) is 4.75. The normalized spacial score (nSPS) is 14.1. The summed E-state index contributed by atoms with van der Waals surface area (Å²) in [5, 5.41) is 42.2. The Morgan fingerprint density at radius 2 is 0.917 bits per heavy atom. The third-order valence-electron chi connectivity index (χ3n) is 6.43. The van der Waals surface area contributed by atoms with Crippen molar-refractivity contribution in [2.24, 2.45) is 0 Å². The minimum absolute atomic E-state index is 0.0581. The van der Waals surface area contributed by atoms with Gasteiger partial charge in [0.25, 0.3) is 12.9 Å². The quantitative estimate of drug-likeness (QED) is 0.101. The van der Waals surface area contributed by atoms with Crippen molar-refractivity contribution in [3.05, 3.63) is 53.1 Å². The molecule has 0 aliphatic carbocycles. The zero-order chi connectivity index (χ0) is 33.0. The predicted octanol–water partition coefficient (Wildman–Crippen LogP) is 4.93. The lowest BCUT2D eigenvalue weighted by Gasteiger charge is -2.33. The van der Waals surface area contributed by atoms with Gasteiger partial charge in [-0.25, -0.2) is 0 Å². The maximum absolute atomic E-state index is 7.70. The van der Waals surface area contributed by atoms with Crippen LogP contribution in [-0.2, 0) is 11.8 Å². The van der Waals surface area contributed by atoms with E-state index in [4.69, 9.17) is 33.3 Å². The van der Waals surface area contributed by atoms with E-state index < -0.39 is 5.41 Å². The first kappa shape index (κ1) is 16.5. The van der Waals surface area contributed by atoms with Crippen LogP contribution in [0.1, 0.15) is 62.1 Å². The highest BCUT2D eigenvalue weighted by Gasteiger charge is 2.38. The summed E-state index contributed by atoms with van der Waals surface area (Å²) in [6, 6.07) is 7.83. The smallest absolute Gasteiger partial charge is 0.293 e. The molecule has 9 heteroatoms. The second kappa shape index (κ2) is 10.6. The van der Waals surface area contributed by atoms with Gasteiger partial charge in [0, 0.05) is 58.5 Å². The molecule has 194 valence electrons. The molecule has 9 nitrogen and oxygen atoms in total. The summed E-state index contributed by atoms with van der Waals surface area (Å²) in [5.41, 5.74) is -0.417. The van der Waals surface area contributed by atoms with Crippen LogP contribution in [0.3, 0.4) is 0 Å². The van der Waals surface area contributed by atoms with Gasteiger partial charge in [0.1, 0.15) is 51.7 Å². The topological polar surface area (TPSA) is 182 Å². The molecule has 0 amide bonds. The summed E-state index contributed by atoms with van der Waals surface area (Å²) in [7, 11) is 0. The molecular weight excluding hydrogens is 468 g/mol. The minimum atomic E-state index is -1.27. The Morgan fingerprint density at radius 3 is 1.33 bits per heavy atom. The van der Waals surface area contributed by atoms with Crippen molar-refractivity contribution < 1.29 is 46.0 Å². The van der Waals surface area contributed by atoms with Gasteiger partial charge in [-0.1, -0.05) is 32.6 Å². The maximum Gasteiger partial charge on any atom is 0.293 e. The van der Waals surface area contributed by atoms with Gasteiger partial charge in [-0.3, -0.25) is 0 Å². The average molecular weight is 510 g/mol. The van der Waals surface area contributed by atoms with Crippen LogP contribution in [0.25, 0.3) is 0 Å². The highest BCUT2D eigenvalue weighted by atomic mass is 16.3. The van der Waals surface area contributed by atoms with Gasteiger partial charge < -0.3 is 46.0 Å². The van der Waals surface area contributed by atoms with Crippen LogP contribution in [0.2, 0.25) is 0 Å². The molecule has 0 atom stereocenters. The van der Waals surface area contributed by atoms with Crippen LogP contribution in [0.4, 0.5) is 0 Å². The van der Waals surface area contributed by atoms with E-state index in [0.717, 1.165) is 12.8 Å². The number of phenols is 9. The Hall–Kier alpha value is -4.14. The monoisotopic (exact) mass is 509 g/mol. The molecule has 0 saturated carbocycles. The van der Waals surface area contributed by atoms with Gasteiger partial charge in [-0.15, -0.1) is 0 Å². The van der Waals surface area contributed by atoms with Gasteiger partial charge in [0.05, 0.1) is 0 Å². The average Bonchev–Trinajstić information content (AvgIpc) is 3.09. The highest BCUT2D eigenvalue weighted by Crippen LogP contribution is 2.52. The van der Waals surface area contributed by atoms with E-state index in [1.165, 1.54) is 36.4 Å². The highest BCUT2D eigenvalue weighted by molar-refractivity contribution is 5.62. The lowest BCUT2D eigenvalue weighted by atomic mass is 9.71. The van der Waals surface area contributed by atoms with Crippen molar-refractivity contribution in [1.82, 2.24) is 0 Å². The molecule has 3 rings (SSSR count). The third kappa shape index (κ3) is 5.56. The summed E-state index contributed by atoms with van der Waals surface area (Å²) in [6.07, 6.45) is 4.13. The summed E-state index contributed by atoms with van der Waals surface area (Å²) in [4.78, 5) is 0. The second-order valence-electron chi connectivity index (χ2n) is 9.09. The largest absolute Gasteiger partial charge is 0.508 e. The van der Waals surface area contributed by atoms with Crippen LogP contribution in [0.15, 0.2) is 36.4 Å². The van der Waals surface area contributed by atoms with E-state index in [1.54, 1.807) is 6.92 Å². The Morgan fingerprint density at radius 1 is 0.528 bits per heavy atom. The number of hydrogen-bond acceptors (Lipinski definition) is 9. The molecule has 0 aromatic heterocycles. The molecule has 0 aliphatic rings. The first-order chi connectivity index (χ1) is 21.8. The molecule has 0 aliphatic heterocycles. The van der Waals surface area contributed by atoms with Crippen molar-refractivity contribution in [3.8, 4) is 51.7 Å². The number of rotatable bonds is 19. The van der Waals surface area contributed by atoms with E-state index in [9.17, 15) is 0 Å². The predicted molar refractivity (Wildman–Crippen MR) is 132 cm³/mol. The van der Waals surface area contributed by atoms with Gasteiger partial charge in [0.15, 0.2) is 0 Å². The number of benzene rings is 3. The Bertz CT molecular complexity index is 1280. The standard InChI is InChI=1S/C27H32O9/c1-27(25-21(33)11-16(29)12-22(25)34,26-23(35)13-17(30)14-24(26)36)8-6-4-2-3-5-7-18-19(31)9-15(28)10-20(18)32/h9-14,28-36H,2-8H2,1H3/i/hD9. The molecule has 3 aromatic rings. The summed E-state index contributed by atoms with van der Waals surface area (Å²) < 4.78 is 67.0. The van der Waals surface area contributed by atoms with Crippen molar-refractivity contribution in [1.29, 1.82) is 12.9 Å². The first-order valence-electron chi connectivity index (χ1n) is 15.2. The van der Waals surface area contributed by atoms with Crippen LogP contribution in [-0.4, -0.2) is 58.9 Å². The zero-order valence-electron chi connectivity index (χ0n) is 28.6. The van der Waals surface area contributed by atoms with Crippen LogP contribution < -0.4 is 0 Å². The van der Waals surface area contributed by atoms with Gasteiger partial charge in [-0.05, 0) is 19.3 Å². The summed E-state index contributed by atoms with van der Waals surface area (Å²) in [5.74, 6) is -0.238. The number of unbranched alkanes of at least 4 members (excludes halogenated alkanes) is 4. The van der Waals surface area contributed by atoms with Gasteiger partial charge in [-0.2, -0.15) is 0 Å². The molecule has 0 heterocycles.